The van der Waals surface area contributed by atoms with Gasteiger partial charge in [0.1, 0.15) is 0 Å². The number of hydrogen-bond donors (Lipinski definition) is 2. The van der Waals surface area contributed by atoms with Crippen molar-refractivity contribution in [3.05, 3.63) is 76.3 Å². The number of benzene rings is 3. The number of hydrazone groups is 1. The molecule has 0 bridgehead atoms. The molecule has 9 nitrogen and oxygen atoms in total. The second-order valence-electron chi connectivity index (χ2n) is 8.11. The summed E-state index contributed by atoms with van der Waals surface area (Å²) in [6, 6.07) is 17.6. The topological polar surface area (TPSA) is 107 Å². The van der Waals surface area contributed by atoms with E-state index < -0.39 is 5.91 Å². The number of para-hydroxylation sites is 1. The second-order valence-corrected chi connectivity index (χ2v) is 8.96. The summed E-state index contributed by atoms with van der Waals surface area (Å²) in [4.78, 5) is 25.0. The molecule has 2 N–H and O–H groups in total. The quantitative estimate of drug-likeness (QED) is 0.179. The molecule has 0 fully saturated rings. The van der Waals surface area contributed by atoms with Gasteiger partial charge in [-0.25, -0.2) is 5.43 Å². The van der Waals surface area contributed by atoms with Gasteiger partial charge in [0.25, 0.3) is 11.8 Å². The van der Waals surface area contributed by atoms with Gasteiger partial charge in [0.2, 0.25) is 0 Å². The van der Waals surface area contributed by atoms with Gasteiger partial charge in [0.05, 0.1) is 30.5 Å². The molecule has 3 rings (SSSR count). The minimum absolute atomic E-state index is 0.205. The first-order valence-corrected chi connectivity index (χ1v) is 13.4. The lowest BCUT2D eigenvalue weighted by molar-refractivity contribution is -0.118. The molecule has 0 saturated heterocycles. The fourth-order valence-corrected chi connectivity index (χ4v) is 3.97. The van der Waals surface area contributed by atoms with Crippen LogP contribution in [-0.4, -0.2) is 44.5 Å². The SMILES string of the molecule is CCCOc1ccc(C(=O)N/N=C/c2cc(Br)c(OCC(=O)Nc3ccccc3)c(OCC)c2)cc1OCC. The fraction of sp³-hybridized carbons (Fsp3) is 0.276. The zero-order chi connectivity index (χ0) is 28.0. The van der Waals surface area contributed by atoms with Gasteiger partial charge in [0.15, 0.2) is 29.6 Å². The van der Waals surface area contributed by atoms with Gasteiger partial charge in [-0.3, -0.25) is 9.59 Å². The summed E-state index contributed by atoms with van der Waals surface area (Å²) in [5.41, 5.74) is 4.23. The van der Waals surface area contributed by atoms with Crippen LogP contribution in [0.15, 0.2) is 70.2 Å². The minimum Gasteiger partial charge on any atom is -0.490 e. The van der Waals surface area contributed by atoms with Crippen LogP contribution in [0, 0.1) is 0 Å². The molecule has 3 aromatic rings. The van der Waals surface area contributed by atoms with E-state index in [9.17, 15) is 9.59 Å². The van der Waals surface area contributed by atoms with E-state index in [0.717, 1.165) is 6.42 Å². The molecule has 206 valence electrons. The maximum absolute atomic E-state index is 12.7. The average Bonchev–Trinajstić information content (AvgIpc) is 2.92. The maximum Gasteiger partial charge on any atom is 0.271 e. The van der Waals surface area contributed by atoms with Crippen LogP contribution in [0.2, 0.25) is 0 Å². The van der Waals surface area contributed by atoms with Gasteiger partial charge in [-0.15, -0.1) is 0 Å². The number of hydrogen-bond acceptors (Lipinski definition) is 7. The number of nitrogens with one attached hydrogen (secondary N) is 2. The molecule has 0 saturated carbocycles. The monoisotopic (exact) mass is 597 g/mol. The number of anilines is 1. The van der Waals surface area contributed by atoms with Crippen LogP contribution in [0.1, 0.15) is 43.1 Å². The summed E-state index contributed by atoms with van der Waals surface area (Å²) in [5, 5.41) is 6.85. The molecule has 39 heavy (non-hydrogen) atoms. The molecule has 0 unspecified atom stereocenters. The highest BCUT2D eigenvalue weighted by atomic mass is 79.9. The molecule has 0 aliphatic carbocycles. The number of carbonyl (C=O) groups excluding carboxylic acids is 2. The van der Waals surface area contributed by atoms with Crippen LogP contribution >= 0.6 is 15.9 Å². The first-order valence-electron chi connectivity index (χ1n) is 12.6. The molecule has 0 spiro atoms. The summed E-state index contributed by atoms with van der Waals surface area (Å²) < 4.78 is 23.4. The number of halogens is 1. The van der Waals surface area contributed by atoms with Crippen molar-refractivity contribution < 1.29 is 28.5 Å². The van der Waals surface area contributed by atoms with E-state index >= 15 is 0 Å². The molecule has 3 aromatic carbocycles. The highest BCUT2D eigenvalue weighted by Gasteiger charge is 2.15. The van der Waals surface area contributed by atoms with Crippen LogP contribution < -0.4 is 29.7 Å². The van der Waals surface area contributed by atoms with E-state index in [0.29, 0.717) is 64.1 Å². The second kappa shape index (κ2) is 15.4. The average molecular weight is 598 g/mol. The molecule has 2 amide bonds. The van der Waals surface area contributed by atoms with Crippen LogP contribution in [0.3, 0.4) is 0 Å². The summed E-state index contributed by atoms with van der Waals surface area (Å²) in [6.45, 7) is 6.91. The summed E-state index contributed by atoms with van der Waals surface area (Å²) in [7, 11) is 0. The van der Waals surface area contributed by atoms with Crippen molar-refractivity contribution in [1.29, 1.82) is 0 Å². The highest BCUT2D eigenvalue weighted by molar-refractivity contribution is 9.10. The van der Waals surface area contributed by atoms with E-state index in [2.05, 4.69) is 31.8 Å². The zero-order valence-corrected chi connectivity index (χ0v) is 23.7. The standard InChI is InChI=1S/C29H32BrN3O6/c1-4-14-38-24-13-12-21(17-25(24)36-5-2)29(35)33-31-18-20-15-23(30)28(26(16-20)37-6-3)39-19-27(34)32-22-10-8-7-9-11-22/h7-13,15-18H,4-6,14,19H2,1-3H3,(H,32,34)(H,33,35)/b31-18+. The van der Waals surface area contributed by atoms with Crippen molar-refractivity contribution in [1.82, 2.24) is 5.43 Å². The van der Waals surface area contributed by atoms with Crippen LogP contribution in [-0.2, 0) is 4.79 Å². The molecular formula is C29H32BrN3O6. The third kappa shape index (κ3) is 9.03. The lowest BCUT2D eigenvalue weighted by atomic mass is 10.2. The largest absolute Gasteiger partial charge is 0.490 e. The Kier molecular flexibility index (Phi) is 11.6. The highest BCUT2D eigenvalue weighted by Crippen LogP contribution is 2.36. The van der Waals surface area contributed by atoms with Gasteiger partial charge in [-0.05, 0) is 84.2 Å². The van der Waals surface area contributed by atoms with Crippen molar-refractivity contribution in [3.8, 4) is 23.0 Å². The van der Waals surface area contributed by atoms with Crippen molar-refractivity contribution in [2.45, 2.75) is 27.2 Å². The van der Waals surface area contributed by atoms with Crippen LogP contribution in [0.4, 0.5) is 5.69 Å². The number of ether oxygens (including phenoxy) is 4. The normalized spacial score (nSPS) is 10.7. The number of amides is 2. The smallest absolute Gasteiger partial charge is 0.271 e. The van der Waals surface area contributed by atoms with Crippen LogP contribution in [0.5, 0.6) is 23.0 Å². The lowest BCUT2D eigenvalue weighted by Crippen LogP contribution is -2.20. The Morgan fingerprint density at radius 2 is 1.62 bits per heavy atom. The third-order valence-electron chi connectivity index (χ3n) is 5.08. The van der Waals surface area contributed by atoms with E-state index in [1.165, 1.54) is 6.21 Å². The predicted octanol–water partition coefficient (Wildman–Crippen LogP) is 5.82. The number of carbonyl (C=O) groups is 2. The van der Waals surface area contributed by atoms with Crippen molar-refractivity contribution in [3.63, 3.8) is 0 Å². The van der Waals surface area contributed by atoms with E-state index in [1.807, 2.05) is 39.0 Å². The number of rotatable bonds is 14. The first-order chi connectivity index (χ1) is 18.9. The van der Waals surface area contributed by atoms with E-state index in [1.54, 1.807) is 42.5 Å². The summed E-state index contributed by atoms with van der Waals surface area (Å²) in [5.74, 6) is 1.20. The van der Waals surface area contributed by atoms with Gasteiger partial charge in [0, 0.05) is 11.3 Å². The fourth-order valence-electron chi connectivity index (χ4n) is 3.40. The Balaban J connectivity index is 1.66. The Hall–Kier alpha value is -4.05. The van der Waals surface area contributed by atoms with Gasteiger partial charge in [-0.1, -0.05) is 25.1 Å². The molecule has 0 aliphatic heterocycles. The van der Waals surface area contributed by atoms with Crippen molar-refractivity contribution in [2.75, 3.05) is 31.7 Å². The Morgan fingerprint density at radius 1 is 0.872 bits per heavy atom. The lowest BCUT2D eigenvalue weighted by Gasteiger charge is -2.14. The van der Waals surface area contributed by atoms with Crippen molar-refractivity contribution >= 4 is 39.6 Å². The minimum atomic E-state index is -0.400. The molecule has 0 aliphatic rings. The maximum atomic E-state index is 12.7. The Morgan fingerprint density at radius 3 is 2.33 bits per heavy atom. The summed E-state index contributed by atoms with van der Waals surface area (Å²) in [6.07, 6.45) is 2.35. The van der Waals surface area contributed by atoms with Gasteiger partial charge in [-0.2, -0.15) is 5.10 Å². The third-order valence-corrected chi connectivity index (χ3v) is 5.67. The number of nitrogens with zero attached hydrogens (tertiary/aromatic N) is 1. The molecule has 0 heterocycles. The summed E-state index contributed by atoms with van der Waals surface area (Å²) >= 11 is 3.48. The molecule has 0 aromatic heterocycles. The Labute approximate surface area is 236 Å². The molecule has 10 heteroatoms. The van der Waals surface area contributed by atoms with Gasteiger partial charge >= 0.3 is 0 Å². The predicted molar refractivity (Wildman–Crippen MR) is 154 cm³/mol. The molecule has 0 radical (unpaired) electrons. The molecular weight excluding hydrogens is 566 g/mol. The van der Waals surface area contributed by atoms with E-state index in [4.69, 9.17) is 18.9 Å². The molecule has 0 atom stereocenters. The van der Waals surface area contributed by atoms with E-state index in [-0.39, 0.29) is 12.5 Å². The van der Waals surface area contributed by atoms with Gasteiger partial charge < -0.3 is 24.3 Å². The Bertz CT molecular complexity index is 1280. The zero-order valence-electron chi connectivity index (χ0n) is 22.2. The van der Waals surface area contributed by atoms with Crippen LogP contribution in [0.25, 0.3) is 0 Å². The van der Waals surface area contributed by atoms with Crippen molar-refractivity contribution in [2.24, 2.45) is 5.10 Å². The first kappa shape index (κ1) is 29.5.